The van der Waals surface area contributed by atoms with Crippen LogP contribution in [0.15, 0.2) is 24.3 Å². The maximum atomic E-state index is 12.8. The fourth-order valence-electron chi connectivity index (χ4n) is 4.72. The fourth-order valence-corrected chi connectivity index (χ4v) is 4.72. The molecule has 2 unspecified atom stereocenters. The lowest BCUT2D eigenvalue weighted by Crippen LogP contribution is -2.48. The van der Waals surface area contributed by atoms with Gasteiger partial charge < -0.3 is 45.8 Å². The van der Waals surface area contributed by atoms with E-state index in [4.69, 9.17) is 4.74 Å². The van der Waals surface area contributed by atoms with Crippen molar-refractivity contribution in [3.05, 3.63) is 24.3 Å². The Morgan fingerprint density at radius 3 is 2.23 bits per heavy atom. The van der Waals surface area contributed by atoms with E-state index in [1.807, 2.05) is 0 Å². The van der Waals surface area contributed by atoms with Gasteiger partial charge in [-0.15, -0.1) is 0 Å². The number of carboxylic acid groups (broad SMARTS) is 2. The summed E-state index contributed by atoms with van der Waals surface area (Å²) in [5.74, 6) is -5.00. The summed E-state index contributed by atoms with van der Waals surface area (Å²) in [6.07, 6.45) is 0.108. The first-order chi connectivity index (χ1) is 19.0. The van der Waals surface area contributed by atoms with Crippen molar-refractivity contribution in [3.8, 4) is 0 Å². The lowest BCUT2D eigenvalue weighted by Gasteiger charge is -2.28. The van der Waals surface area contributed by atoms with Gasteiger partial charge in [-0.2, -0.15) is 0 Å². The van der Waals surface area contributed by atoms with Crippen molar-refractivity contribution >= 4 is 35.6 Å². The number of carbonyl (C=O) groups excluding carboxylic acids is 4. The summed E-state index contributed by atoms with van der Waals surface area (Å²) in [6, 6.07) is -2.91. The van der Waals surface area contributed by atoms with E-state index in [0.717, 1.165) is 16.5 Å². The third-order valence-electron chi connectivity index (χ3n) is 6.88. The normalized spacial score (nSPS) is 23.8. The number of nitrogens with one attached hydrogen (secondary N) is 3. The minimum Gasteiger partial charge on any atom is -0.480 e. The topological polar surface area (TPSA) is 215 Å². The van der Waals surface area contributed by atoms with Crippen LogP contribution in [0.3, 0.4) is 0 Å². The second-order valence-electron chi connectivity index (χ2n) is 9.84. The molecule has 40 heavy (non-hydrogen) atoms. The molecule has 0 saturated carbocycles. The number of aliphatic hydroxyl groups is 1. The molecule has 2 fully saturated rings. The zero-order chi connectivity index (χ0) is 29.4. The molecule has 220 valence electrons. The highest BCUT2D eigenvalue weighted by Gasteiger charge is 2.38. The molecule has 5 atom stereocenters. The fraction of sp³-hybridized carbons (Fsp3) is 0.600. The predicted octanol–water partition coefficient (Wildman–Crippen LogP) is -2.10. The first-order valence-corrected chi connectivity index (χ1v) is 13.0. The first kappa shape index (κ1) is 30.7. The number of nitrogens with zero attached hydrogens (tertiary/aromatic N) is 2. The number of hydrogen-bond donors (Lipinski definition) is 6. The van der Waals surface area contributed by atoms with E-state index >= 15 is 0 Å². The molecule has 0 aromatic carbocycles. The molecule has 6 N–H and O–H groups in total. The van der Waals surface area contributed by atoms with Gasteiger partial charge in [0.25, 0.3) is 0 Å². The highest BCUT2D eigenvalue weighted by Crippen LogP contribution is 2.23. The van der Waals surface area contributed by atoms with Gasteiger partial charge in [-0.3, -0.25) is 19.2 Å². The molecule has 0 bridgehead atoms. The third kappa shape index (κ3) is 8.34. The van der Waals surface area contributed by atoms with E-state index in [1.165, 1.54) is 6.08 Å². The van der Waals surface area contributed by atoms with Crippen LogP contribution < -0.4 is 16.0 Å². The molecule has 3 aliphatic rings. The van der Waals surface area contributed by atoms with Crippen LogP contribution in [0.25, 0.3) is 0 Å². The van der Waals surface area contributed by atoms with Crippen LogP contribution in [0, 0.1) is 0 Å². The van der Waals surface area contributed by atoms with E-state index in [9.17, 15) is 44.1 Å². The molecular formula is C25H35N5O10. The van der Waals surface area contributed by atoms with Crippen LogP contribution in [0.5, 0.6) is 0 Å². The van der Waals surface area contributed by atoms with Crippen LogP contribution in [0.4, 0.5) is 0 Å². The number of carboxylic acids is 2. The molecule has 0 aromatic rings. The average Bonchev–Trinajstić information content (AvgIpc) is 3.63. The summed E-state index contributed by atoms with van der Waals surface area (Å²) in [5, 5.41) is 36.4. The highest BCUT2D eigenvalue weighted by atomic mass is 16.5. The molecule has 0 radical (unpaired) electrons. The molecule has 15 heteroatoms. The second-order valence-corrected chi connectivity index (χ2v) is 9.84. The number of aliphatic carboxylic acids is 2. The highest BCUT2D eigenvalue weighted by molar-refractivity contribution is 5.91. The molecule has 3 aliphatic heterocycles. The molecule has 2 saturated heterocycles. The second kappa shape index (κ2) is 14.0. The molecule has 15 nitrogen and oxygen atoms in total. The quantitative estimate of drug-likeness (QED) is 0.125. The van der Waals surface area contributed by atoms with Gasteiger partial charge in [0.2, 0.25) is 23.6 Å². The van der Waals surface area contributed by atoms with Crippen LogP contribution >= 0.6 is 0 Å². The summed E-state index contributed by atoms with van der Waals surface area (Å²) >= 11 is 0. The van der Waals surface area contributed by atoms with Gasteiger partial charge in [0.05, 0.1) is 12.6 Å². The molecule has 3 rings (SSSR count). The Balaban J connectivity index is 1.43. The van der Waals surface area contributed by atoms with Gasteiger partial charge in [0.1, 0.15) is 24.5 Å². The number of aliphatic hydroxyl groups excluding tert-OH is 1. The van der Waals surface area contributed by atoms with E-state index < -0.39 is 60.6 Å². The molecular weight excluding hydrogens is 530 g/mol. The van der Waals surface area contributed by atoms with E-state index in [-0.39, 0.29) is 44.2 Å². The maximum absolute atomic E-state index is 12.8. The maximum Gasteiger partial charge on any atom is 0.326 e. The van der Waals surface area contributed by atoms with Crippen molar-refractivity contribution in [3.63, 3.8) is 0 Å². The third-order valence-corrected chi connectivity index (χ3v) is 6.88. The molecule has 3 heterocycles. The Labute approximate surface area is 230 Å². The Kier molecular flexibility index (Phi) is 10.8. The smallest absolute Gasteiger partial charge is 0.326 e. The summed E-state index contributed by atoms with van der Waals surface area (Å²) in [6.45, 7) is 5.15. The summed E-state index contributed by atoms with van der Waals surface area (Å²) in [5.41, 5.74) is 1.00. The standard InChI is InChI=1S/C25H35N5O10/c1-14-12-17(26-13-14)23-30(10-11-40-23)22(35)5-3-16(25(38)39)27-18(31)4-2-15(24(36)37)28-19(32)8-9-29-20(33)6-7-21(29)34/h6-7,15-17,20,23,26,33H,1-5,8-13H2,(H,27,31)(H,28,32)(H,36,37)(H,38,39)/t15-,16-,17-,20?,23?/m0/s1. The monoisotopic (exact) mass is 565 g/mol. The summed E-state index contributed by atoms with van der Waals surface area (Å²) in [7, 11) is 0. The van der Waals surface area contributed by atoms with E-state index in [0.29, 0.717) is 26.1 Å². The Bertz CT molecular complexity index is 1060. The number of carbonyl (C=O) groups is 6. The van der Waals surface area contributed by atoms with Gasteiger partial charge in [0.15, 0.2) is 0 Å². The van der Waals surface area contributed by atoms with Gasteiger partial charge in [-0.25, -0.2) is 9.59 Å². The summed E-state index contributed by atoms with van der Waals surface area (Å²) in [4.78, 5) is 74.9. The average molecular weight is 566 g/mol. The van der Waals surface area contributed by atoms with Gasteiger partial charge >= 0.3 is 11.9 Å². The lowest BCUT2D eigenvalue weighted by molar-refractivity contribution is -0.144. The van der Waals surface area contributed by atoms with E-state index in [2.05, 4.69) is 22.5 Å². The van der Waals surface area contributed by atoms with Crippen LogP contribution in [0.2, 0.25) is 0 Å². The molecule has 0 spiro atoms. The van der Waals surface area contributed by atoms with Gasteiger partial charge in [0, 0.05) is 45.0 Å². The molecule has 0 aromatic heterocycles. The van der Waals surface area contributed by atoms with Crippen molar-refractivity contribution in [1.82, 2.24) is 25.8 Å². The zero-order valence-corrected chi connectivity index (χ0v) is 21.9. The molecule has 0 aliphatic carbocycles. The lowest BCUT2D eigenvalue weighted by atomic mass is 10.1. The number of hydrogen-bond acceptors (Lipinski definition) is 9. The van der Waals surface area contributed by atoms with E-state index in [1.54, 1.807) is 4.90 Å². The minimum atomic E-state index is -1.44. The number of amides is 4. The minimum absolute atomic E-state index is 0.0945. The van der Waals surface area contributed by atoms with Crippen LogP contribution in [-0.2, 0) is 33.5 Å². The summed E-state index contributed by atoms with van der Waals surface area (Å²) < 4.78 is 5.70. The van der Waals surface area contributed by atoms with Crippen molar-refractivity contribution in [1.29, 1.82) is 0 Å². The Hall–Kier alpha value is -3.82. The van der Waals surface area contributed by atoms with Crippen LogP contribution in [-0.4, -0.2) is 118 Å². The first-order valence-electron chi connectivity index (χ1n) is 13.0. The Morgan fingerprint density at radius 1 is 1.05 bits per heavy atom. The van der Waals surface area contributed by atoms with Crippen molar-refractivity contribution in [2.75, 3.05) is 26.2 Å². The number of rotatable bonds is 14. The predicted molar refractivity (Wildman–Crippen MR) is 136 cm³/mol. The van der Waals surface area contributed by atoms with Gasteiger partial charge in [-0.1, -0.05) is 12.2 Å². The largest absolute Gasteiger partial charge is 0.480 e. The zero-order valence-electron chi connectivity index (χ0n) is 21.9. The van der Waals surface area contributed by atoms with Crippen molar-refractivity contribution in [2.24, 2.45) is 0 Å². The number of ether oxygens (including phenoxy) is 1. The van der Waals surface area contributed by atoms with Crippen molar-refractivity contribution in [2.45, 2.75) is 69.1 Å². The molecule has 4 amide bonds. The SMILES string of the molecule is C=C1CN[C@H](C2OCCN2C(=O)CC[C@H](NC(=O)CC[C@H](NC(=O)CCN2C(=O)C=CC2O)C(=O)O)C(=O)O)C1. The van der Waals surface area contributed by atoms with Crippen molar-refractivity contribution < 1.29 is 48.8 Å². The van der Waals surface area contributed by atoms with Gasteiger partial charge in [-0.05, 0) is 25.3 Å². The van der Waals surface area contributed by atoms with Crippen LogP contribution in [0.1, 0.15) is 38.5 Å². The Morgan fingerprint density at radius 2 is 1.68 bits per heavy atom.